The smallest absolute Gasteiger partial charge is 0.123 e. The third kappa shape index (κ3) is 4.50. The molecule has 1 heterocycles. The van der Waals surface area contributed by atoms with Crippen LogP contribution in [0.2, 0.25) is 0 Å². The molecule has 2 rings (SSSR count). The fourth-order valence-electron chi connectivity index (χ4n) is 2.85. The van der Waals surface area contributed by atoms with Crippen molar-refractivity contribution < 1.29 is 4.74 Å². The van der Waals surface area contributed by atoms with Crippen LogP contribution in [0.15, 0.2) is 24.3 Å². The average molecular weight is 276 g/mol. The van der Waals surface area contributed by atoms with Gasteiger partial charge >= 0.3 is 0 Å². The maximum absolute atomic E-state index is 5.40. The van der Waals surface area contributed by atoms with Crippen molar-refractivity contribution in [3.8, 4) is 5.75 Å². The Bertz CT molecular complexity index is 386. The molecule has 1 fully saturated rings. The molecule has 1 aromatic rings. The average Bonchev–Trinajstić information content (AvgIpc) is 2.52. The van der Waals surface area contributed by atoms with Crippen molar-refractivity contribution in [1.29, 1.82) is 0 Å². The molecule has 0 radical (unpaired) electrons. The van der Waals surface area contributed by atoms with Crippen LogP contribution in [-0.2, 0) is 6.54 Å². The van der Waals surface area contributed by atoms with Crippen molar-refractivity contribution in [3.05, 3.63) is 29.8 Å². The molecular weight excluding hydrogens is 248 g/mol. The second-order valence-corrected chi connectivity index (χ2v) is 5.66. The van der Waals surface area contributed by atoms with Crippen molar-refractivity contribution in [2.45, 2.75) is 45.2 Å². The minimum Gasteiger partial charge on any atom is -0.496 e. The van der Waals surface area contributed by atoms with Crippen LogP contribution in [0.25, 0.3) is 0 Å². The highest BCUT2D eigenvalue weighted by Crippen LogP contribution is 2.18. The highest BCUT2D eigenvalue weighted by Gasteiger charge is 2.18. The molecule has 0 amide bonds. The molecule has 0 saturated carbocycles. The van der Waals surface area contributed by atoms with E-state index >= 15 is 0 Å². The molecule has 0 atom stereocenters. The Morgan fingerprint density at radius 1 is 1.25 bits per heavy atom. The highest BCUT2D eigenvalue weighted by molar-refractivity contribution is 5.33. The molecule has 1 N–H and O–H groups in total. The van der Waals surface area contributed by atoms with Gasteiger partial charge in [-0.15, -0.1) is 0 Å². The number of ether oxygens (including phenoxy) is 1. The second-order valence-electron chi connectivity index (χ2n) is 5.66. The van der Waals surface area contributed by atoms with Gasteiger partial charge in [0.1, 0.15) is 5.75 Å². The minimum absolute atomic E-state index is 0.651. The van der Waals surface area contributed by atoms with Crippen molar-refractivity contribution in [1.82, 2.24) is 10.2 Å². The lowest BCUT2D eigenvalue weighted by atomic mass is 10.0. The van der Waals surface area contributed by atoms with Crippen LogP contribution in [0.5, 0.6) is 5.75 Å². The zero-order valence-corrected chi connectivity index (χ0v) is 12.9. The van der Waals surface area contributed by atoms with E-state index in [2.05, 4.69) is 29.3 Å². The number of rotatable bonds is 7. The summed E-state index contributed by atoms with van der Waals surface area (Å²) in [6.45, 7) is 6.92. The highest BCUT2D eigenvalue weighted by atomic mass is 16.5. The van der Waals surface area contributed by atoms with Crippen molar-refractivity contribution in [2.24, 2.45) is 0 Å². The lowest BCUT2D eigenvalue weighted by Gasteiger charge is -2.32. The van der Waals surface area contributed by atoms with E-state index in [1.165, 1.54) is 50.9 Å². The van der Waals surface area contributed by atoms with Crippen LogP contribution in [0, 0.1) is 0 Å². The first kappa shape index (κ1) is 15.3. The molecule has 3 nitrogen and oxygen atoms in total. The Kier molecular flexibility index (Phi) is 6.34. The van der Waals surface area contributed by atoms with E-state index in [-0.39, 0.29) is 0 Å². The van der Waals surface area contributed by atoms with Crippen molar-refractivity contribution in [3.63, 3.8) is 0 Å². The lowest BCUT2D eigenvalue weighted by Crippen LogP contribution is -2.42. The van der Waals surface area contributed by atoms with Gasteiger partial charge in [0.05, 0.1) is 7.11 Å². The van der Waals surface area contributed by atoms with Crippen molar-refractivity contribution in [2.75, 3.05) is 26.7 Å². The summed E-state index contributed by atoms with van der Waals surface area (Å²) in [5, 5.41) is 3.68. The Labute approximate surface area is 123 Å². The van der Waals surface area contributed by atoms with Gasteiger partial charge in [0.25, 0.3) is 0 Å². The van der Waals surface area contributed by atoms with Gasteiger partial charge in [-0.05, 0) is 45.0 Å². The number of likely N-dealkylation sites (tertiary alicyclic amines) is 1. The third-order valence-corrected chi connectivity index (χ3v) is 4.19. The Hall–Kier alpha value is -1.06. The van der Waals surface area contributed by atoms with Crippen LogP contribution in [0.1, 0.15) is 38.2 Å². The molecule has 20 heavy (non-hydrogen) atoms. The van der Waals surface area contributed by atoms with Crippen LogP contribution in [-0.4, -0.2) is 37.7 Å². The standard InChI is InChI=1S/C17H28N2O/c1-3-4-11-19-12-9-16(10-13-19)18-14-15-7-5-6-8-17(15)20-2/h5-8,16,18H,3-4,9-14H2,1-2H3. The maximum atomic E-state index is 5.40. The van der Waals surface area contributed by atoms with Crippen LogP contribution in [0.3, 0.4) is 0 Å². The largest absolute Gasteiger partial charge is 0.496 e. The quantitative estimate of drug-likeness (QED) is 0.828. The summed E-state index contributed by atoms with van der Waals surface area (Å²) in [6.07, 6.45) is 5.16. The first-order chi connectivity index (χ1) is 9.83. The zero-order chi connectivity index (χ0) is 14.2. The van der Waals surface area contributed by atoms with Gasteiger partial charge in [-0.2, -0.15) is 0 Å². The molecule has 0 unspecified atom stereocenters. The SMILES string of the molecule is CCCCN1CCC(NCc2ccccc2OC)CC1. The molecule has 1 saturated heterocycles. The summed E-state index contributed by atoms with van der Waals surface area (Å²) in [6, 6.07) is 8.92. The van der Waals surface area contributed by atoms with Gasteiger partial charge in [-0.25, -0.2) is 0 Å². The topological polar surface area (TPSA) is 24.5 Å². The van der Waals surface area contributed by atoms with E-state index in [9.17, 15) is 0 Å². The van der Waals surface area contributed by atoms with Gasteiger partial charge in [-0.3, -0.25) is 0 Å². The molecule has 1 aromatic carbocycles. The molecule has 1 aliphatic heterocycles. The monoisotopic (exact) mass is 276 g/mol. The number of benzene rings is 1. The summed E-state index contributed by atoms with van der Waals surface area (Å²) in [4.78, 5) is 2.60. The molecule has 3 heteroatoms. The fraction of sp³-hybridized carbons (Fsp3) is 0.647. The molecule has 0 aromatic heterocycles. The molecule has 0 aliphatic carbocycles. The third-order valence-electron chi connectivity index (χ3n) is 4.19. The summed E-state index contributed by atoms with van der Waals surface area (Å²) in [5.74, 6) is 0.986. The minimum atomic E-state index is 0.651. The number of para-hydroxylation sites is 1. The molecule has 112 valence electrons. The summed E-state index contributed by atoms with van der Waals surface area (Å²) in [7, 11) is 1.74. The molecular formula is C17H28N2O. The molecule has 0 spiro atoms. The lowest BCUT2D eigenvalue weighted by molar-refractivity contribution is 0.194. The predicted octanol–water partition coefficient (Wildman–Crippen LogP) is 3.05. The Morgan fingerprint density at radius 2 is 2.00 bits per heavy atom. The summed E-state index contributed by atoms with van der Waals surface area (Å²) >= 11 is 0. The maximum Gasteiger partial charge on any atom is 0.123 e. The number of hydrogen-bond acceptors (Lipinski definition) is 3. The normalized spacial score (nSPS) is 17.3. The Morgan fingerprint density at radius 3 is 2.70 bits per heavy atom. The summed E-state index contributed by atoms with van der Waals surface area (Å²) < 4.78 is 5.40. The summed E-state index contributed by atoms with van der Waals surface area (Å²) in [5.41, 5.74) is 1.25. The van der Waals surface area contributed by atoms with Gasteiger partial charge in [-0.1, -0.05) is 31.5 Å². The van der Waals surface area contributed by atoms with Gasteiger partial charge in [0.15, 0.2) is 0 Å². The van der Waals surface area contributed by atoms with E-state index in [4.69, 9.17) is 4.74 Å². The van der Waals surface area contributed by atoms with E-state index in [0.29, 0.717) is 6.04 Å². The number of unbranched alkanes of at least 4 members (excludes halogenated alkanes) is 1. The fourth-order valence-corrected chi connectivity index (χ4v) is 2.85. The second kappa shape index (κ2) is 8.28. The van der Waals surface area contributed by atoms with Crippen LogP contribution >= 0.6 is 0 Å². The molecule has 0 bridgehead atoms. The number of piperidine rings is 1. The first-order valence-corrected chi connectivity index (χ1v) is 7.91. The molecule has 1 aliphatic rings. The number of methoxy groups -OCH3 is 1. The predicted molar refractivity (Wildman–Crippen MR) is 84.2 cm³/mol. The van der Waals surface area contributed by atoms with Gasteiger partial charge in [0, 0.05) is 18.2 Å². The number of nitrogens with zero attached hydrogens (tertiary/aromatic N) is 1. The Balaban J connectivity index is 1.73. The van der Waals surface area contributed by atoms with Gasteiger partial charge in [0.2, 0.25) is 0 Å². The first-order valence-electron chi connectivity index (χ1n) is 7.91. The number of nitrogens with one attached hydrogen (secondary N) is 1. The van der Waals surface area contributed by atoms with Crippen LogP contribution < -0.4 is 10.1 Å². The van der Waals surface area contributed by atoms with Crippen LogP contribution in [0.4, 0.5) is 0 Å². The van der Waals surface area contributed by atoms with E-state index in [1.54, 1.807) is 7.11 Å². The van der Waals surface area contributed by atoms with Gasteiger partial charge < -0.3 is 15.0 Å². The number of hydrogen-bond donors (Lipinski definition) is 1. The van der Waals surface area contributed by atoms with E-state index < -0.39 is 0 Å². The zero-order valence-electron chi connectivity index (χ0n) is 12.9. The van der Waals surface area contributed by atoms with Crippen molar-refractivity contribution >= 4 is 0 Å². The van der Waals surface area contributed by atoms with E-state index in [1.807, 2.05) is 12.1 Å². The van der Waals surface area contributed by atoms with E-state index in [0.717, 1.165) is 12.3 Å².